The van der Waals surface area contributed by atoms with Crippen LogP contribution in [-0.4, -0.2) is 31.6 Å². The summed E-state index contributed by atoms with van der Waals surface area (Å²) >= 11 is 0. The fourth-order valence-electron chi connectivity index (χ4n) is 2.97. The summed E-state index contributed by atoms with van der Waals surface area (Å²) < 4.78 is 5.87. The van der Waals surface area contributed by atoms with E-state index in [1.54, 1.807) is 0 Å². The van der Waals surface area contributed by atoms with Crippen LogP contribution in [-0.2, 0) is 6.54 Å². The first kappa shape index (κ1) is 15.4. The maximum absolute atomic E-state index is 5.87. The summed E-state index contributed by atoms with van der Waals surface area (Å²) in [4.78, 5) is 2.37. The summed E-state index contributed by atoms with van der Waals surface area (Å²) in [6.45, 7) is 4.38. The van der Waals surface area contributed by atoms with Gasteiger partial charge in [-0.2, -0.15) is 0 Å². The van der Waals surface area contributed by atoms with E-state index in [9.17, 15) is 0 Å². The number of nitrogens with one attached hydrogen (secondary N) is 1. The SMILES string of the molecule is CN(Cc1cc2ccccc2o1)CC1CCCNC1.Cl. The van der Waals surface area contributed by atoms with Crippen molar-refractivity contribution in [1.29, 1.82) is 0 Å². The molecule has 1 aliphatic rings. The fourth-order valence-corrected chi connectivity index (χ4v) is 2.97. The predicted octanol–water partition coefficient (Wildman–Crippen LogP) is 3.29. The van der Waals surface area contributed by atoms with Crippen molar-refractivity contribution in [2.24, 2.45) is 5.92 Å². The largest absolute Gasteiger partial charge is 0.460 e. The van der Waals surface area contributed by atoms with E-state index in [0.29, 0.717) is 0 Å². The molecule has 1 N–H and O–H groups in total. The number of furan rings is 1. The first-order valence-electron chi connectivity index (χ1n) is 7.18. The third-order valence-corrected chi connectivity index (χ3v) is 3.87. The van der Waals surface area contributed by atoms with Gasteiger partial charge in [0, 0.05) is 11.9 Å². The van der Waals surface area contributed by atoms with Crippen LogP contribution in [0.4, 0.5) is 0 Å². The molecule has 1 unspecified atom stereocenters. The summed E-state index contributed by atoms with van der Waals surface area (Å²) in [5.41, 5.74) is 0.991. The van der Waals surface area contributed by atoms with Crippen LogP contribution in [0.15, 0.2) is 34.7 Å². The lowest BCUT2D eigenvalue weighted by atomic mass is 9.99. The molecule has 20 heavy (non-hydrogen) atoms. The van der Waals surface area contributed by atoms with Gasteiger partial charge in [-0.25, -0.2) is 0 Å². The van der Waals surface area contributed by atoms with E-state index < -0.39 is 0 Å². The summed E-state index contributed by atoms with van der Waals surface area (Å²) in [7, 11) is 2.18. The highest BCUT2D eigenvalue weighted by atomic mass is 35.5. The van der Waals surface area contributed by atoms with Gasteiger partial charge >= 0.3 is 0 Å². The topological polar surface area (TPSA) is 28.4 Å². The maximum Gasteiger partial charge on any atom is 0.134 e. The molecule has 1 atom stereocenters. The molecule has 0 saturated carbocycles. The standard InChI is InChI=1S/C16H22N2O.ClH/c1-18(11-13-5-4-8-17-10-13)12-15-9-14-6-2-3-7-16(14)19-15;/h2-3,6-7,9,13,17H,4-5,8,10-12H2,1H3;1H. The molecule has 1 aromatic carbocycles. The lowest BCUT2D eigenvalue weighted by Crippen LogP contribution is -2.36. The number of hydrogen-bond acceptors (Lipinski definition) is 3. The van der Waals surface area contributed by atoms with Crippen molar-refractivity contribution in [1.82, 2.24) is 10.2 Å². The molecular formula is C16H23ClN2O. The molecule has 4 heteroatoms. The second-order valence-electron chi connectivity index (χ2n) is 5.66. The van der Waals surface area contributed by atoms with Crippen LogP contribution in [0.3, 0.4) is 0 Å². The number of hydrogen-bond donors (Lipinski definition) is 1. The second kappa shape index (κ2) is 7.11. The Morgan fingerprint density at radius 2 is 2.20 bits per heavy atom. The Morgan fingerprint density at radius 1 is 1.35 bits per heavy atom. The number of fused-ring (bicyclic) bond motifs is 1. The Bertz CT molecular complexity index is 501. The third kappa shape index (κ3) is 3.75. The van der Waals surface area contributed by atoms with E-state index in [1.807, 2.05) is 12.1 Å². The average molecular weight is 295 g/mol. The van der Waals surface area contributed by atoms with Gasteiger partial charge in [0.05, 0.1) is 6.54 Å². The summed E-state index contributed by atoms with van der Waals surface area (Å²) in [6.07, 6.45) is 2.65. The minimum atomic E-state index is 0. The Balaban J connectivity index is 0.00000147. The highest BCUT2D eigenvalue weighted by Gasteiger charge is 2.15. The highest BCUT2D eigenvalue weighted by Crippen LogP contribution is 2.20. The van der Waals surface area contributed by atoms with E-state index >= 15 is 0 Å². The van der Waals surface area contributed by atoms with Crippen LogP contribution in [0.1, 0.15) is 18.6 Å². The van der Waals surface area contributed by atoms with Crippen molar-refractivity contribution < 1.29 is 4.42 Å². The molecule has 1 aromatic heterocycles. The molecule has 0 radical (unpaired) electrons. The zero-order valence-corrected chi connectivity index (χ0v) is 12.8. The molecule has 0 bridgehead atoms. The van der Waals surface area contributed by atoms with E-state index in [4.69, 9.17) is 4.42 Å². The quantitative estimate of drug-likeness (QED) is 0.938. The molecule has 1 aliphatic heterocycles. The molecule has 3 nitrogen and oxygen atoms in total. The van der Waals surface area contributed by atoms with E-state index in [-0.39, 0.29) is 12.4 Å². The fraction of sp³-hybridized carbons (Fsp3) is 0.500. The minimum Gasteiger partial charge on any atom is -0.460 e. The predicted molar refractivity (Wildman–Crippen MR) is 85.4 cm³/mol. The summed E-state index contributed by atoms with van der Waals surface area (Å²) in [5, 5.41) is 4.67. The maximum atomic E-state index is 5.87. The number of nitrogens with zero attached hydrogens (tertiary/aromatic N) is 1. The number of para-hydroxylation sites is 1. The number of benzene rings is 1. The summed E-state index contributed by atoms with van der Waals surface area (Å²) in [5.74, 6) is 1.84. The molecule has 110 valence electrons. The third-order valence-electron chi connectivity index (χ3n) is 3.87. The van der Waals surface area contributed by atoms with Crippen LogP contribution in [0.25, 0.3) is 11.0 Å². The highest BCUT2D eigenvalue weighted by molar-refractivity contribution is 5.85. The number of piperidine rings is 1. The van der Waals surface area contributed by atoms with Gasteiger partial charge in [0.2, 0.25) is 0 Å². The van der Waals surface area contributed by atoms with Gasteiger partial charge in [0.15, 0.2) is 0 Å². The number of rotatable bonds is 4. The van der Waals surface area contributed by atoms with Crippen LogP contribution >= 0.6 is 12.4 Å². The minimum absolute atomic E-state index is 0. The van der Waals surface area contributed by atoms with E-state index in [1.165, 1.54) is 24.8 Å². The van der Waals surface area contributed by atoms with Gasteiger partial charge in [-0.1, -0.05) is 18.2 Å². The first-order chi connectivity index (χ1) is 9.31. The number of halogens is 1. The van der Waals surface area contributed by atoms with Crippen molar-refractivity contribution >= 4 is 23.4 Å². The first-order valence-corrected chi connectivity index (χ1v) is 7.18. The van der Waals surface area contributed by atoms with Gasteiger partial charge in [-0.3, -0.25) is 4.90 Å². The van der Waals surface area contributed by atoms with Gasteiger partial charge in [-0.05, 0) is 51.0 Å². The van der Waals surface area contributed by atoms with Crippen molar-refractivity contribution in [3.05, 3.63) is 36.1 Å². The Kier molecular flexibility index (Phi) is 5.46. The van der Waals surface area contributed by atoms with E-state index in [2.05, 4.69) is 35.5 Å². The zero-order valence-electron chi connectivity index (χ0n) is 12.0. The molecule has 0 aliphatic carbocycles. The average Bonchev–Trinajstić information content (AvgIpc) is 2.81. The molecule has 1 fully saturated rings. The van der Waals surface area contributed by atoms with Gasteiger partial charge < -0.3 is 9.73 Å². The van der Waals surface area contributed by atoms with Gasteiger partial charge in [-0.15, -0.1) is 12.4 Å². The molecule has 1 saturated heterocycles. The van der Waals surface area contributed by atoms with Crippen LogP contribution in [0, 0.1) is 5.92 Å². The Hall–Kier alpha value is -1.03. The smallest absolute Gasteiger partial charge is 0.134 e. The zero-order chi connectivity index (χ0) is 13.1. The van der Waals surface area contributed by atoms with Crippen LogP contribution in [0.2, 0.25) is 0 Å². The molecule has 3 rings (SSSR count). The normalized spacial score (nSPS) is 19.2. The van der Waals surface area contributed by atoms with Crippen molar-refractivity contribution in [3.8, 4) is 0 Å². The second-order valence-corrected chi connectivity index (χ2v) is 5.66. The van der Waals surface area contributed by atoms with Crippen molar-refractivity contribution in [2.75, 3.05) is 26.7 Å². The molecule has 0 spiro atoms. The summed E-state index contributed by atoms with van der Waals surface area (Å²) in [6, 6.07) is 10.4. The van der Waals surface area contributed by atoms with Crippen LogP contribution in [0.5, 0.6) is 0 Å². The van der Waals surface area contributed by atoms with Gasteiger partial charge in [0.1, 0.15) is 11.3 Å². The molecule has 2 heterocycles. The van der Waals surface area contributed by atoms with Crippen LogP contribution < -0.4 is 5.32 Å². The molecular weight excluding hydrogens is 272 g/mol. The van der Waals surface area contributed by atoms with E-state index in [0.717, 1.165) is 36.9 Å². The lowest BCUT2D eigenvalue weighted by Gasteiger charge is -2.27. The molecule has 0 amide bonds. The monoisotopic (exact) mass is 294 g/mol. The molecule has 2 aromatic rings. The Labute approximate surface area is 126 Å². The van der Waals surface area contributed by atoms with Gasteiger partial charge in [0.25, 0.3) is 0 Å². The van der Waals surface area contributed by atoms with Crippen molar-refractivity contribution in [3.63, 3.8) is 0 Å². The Morgan fingerprint density at radius 3 is 2.95 bits per heavy atom. The van der Waals surface area contributed by atoms with Crippen molar-refractivity contribution in [2.45, 2.75) is 19.4 Å². The lowest BCUT2D eigenvalue weighted by molar-refractivity contribution is 0.226.